The number of likely N-dealkylation sites (tertiary alicyclic amines) is 1. The Morgan fingerprint density at radius 1 is 1.17 bits per heavy atom. The van der Waals surface area contributed by atoms with Crippen LogP contribution in [-0.2, 0) is 22.7 Å². The van der Waals surface area contributed by atoms with Gasteiger partial charge in [0, 0.05) is 42.9 Å². The zero-order chi connectivity index (χ0) is 25.5. The van der Waals surface area contributed by atoms with Gasteiger partial charge in [-0.25, -0.2) is 0 Å². The summed E-state index contributed by atoms with van der Waals surface area (Å²) in [4.78, 5) is 26.3. The lowest BCUT2D eigenvalue weighted by Crippen LogP contribution is -2.41. The van der Waals surface area contributed by atoms with Crippen LogP contribution in [0.1, 0.15) is 59.7 Å². The van der Waals surface area contributed by atoms with Crippen LogP contribution in [0.15, 0.2) is 54.2 Å². The highest BCUT2D eigenvalue weighted by Gasteiger charge is 2.33. The number of fused-ring (bicyclic) bond motifs is 2. The number of benzene rings is 2. The maximum absolute atomic E-state index is 13.0. The molecule has 3 unspecified atom stereocenters. The maximum Gasteiger partial charge on any atom is 0.252 e. The summed E-state index contributed by atoms with van der Waals surface area (Å²) in [5.74, 6) is 0.429. The lowest BCUT2D eigenvalue weighted by Gasteiger charge is -2.32. The molecule has 0 spiro atoms. The fourth-order valence-corrected chi connectivity index (χ4v) is 5.00. The zero-order valence-electron chi connectivity index (χ0n) is 21.2. The van der Waals surface area contributed by atoms with Crippen molar-refractivity contribution < 1.29 is 19.1 Å². The van der Waals surface area contributed by atoms with Crippen molar-refractivity contribution in [2.75, 3.05) is 13.1 Å². The van der Waals surface area contributed by atoms with Gasteiger partial charge in [0.15, 0.2) is 0 Å². The molecule has 2 saturated heterocycles. The molecule has 0 saturated carbocycles. The standard InChI is InChI=1S/C29H37N3O4/c1-3-26(30)27(7-5-15-33)31-29(34)25-6-4-8-28(20(25)2)35-19-22-11-9-21(10-12-22)16-32-17-23-13-14-24(18-32)36-23/h3-4,6,8-12,15,23-24,27H,5,7,13-14,16-19,30H2,1-2H3,(H,31,34)/b26-3+. The predicted octanol–water partition coefficient (Wildman–Crippen LogP) is 3.88. The number of rotatable bonds is 11. The number of nitrogens with two attached hydrogens (primary N) is 1. The first-order valence-corrected chi connectivity index (χ1v) is 12.8. The van der Waals surface area contributed by atoms with Crippen LogP contribution in [0.25, 0.3) is 0 Å². The minimum Gasteiger partial charge on any atom is -0.489 e. The molecule has 2 aliphatic rings. The first-order chi connectivity index (χ1) is 17.5. The molecule has 3 N–H and O–H groups in total. The molecule has 192 valence electrons. The highest BCUT2D eigenvalue weighted by Crippen LogP contribution is 2.27. The third-order valence-corrected chi connectivity index (χ3v) is 7.09. The first-order valence-electron chi connectivity index (χ1n) is 12.8. The van der Waals surface area contributed by atoms with E-state index in [0.717, 1.165) is 37.0 Å². The van der Waals surface area contributed by atoms with Gasteiger partial charge < -0.3 is 25.3 Å². The number of nitrogens with one attached hydrogen (secondary N) is 1. The minimum atomic E-state index is -0.386. The number of amides is 1. The summed E-state index contributed by atoms with van der Waals surface area (Å²) in [6, 6.07) is 13.6. The quantitative estimate of drug-likeness (QED) is 0.464. The first kappa shape index (κ1) is 25.9. The van der Waals surface area contributed by atoms with Crippen molar-refractivity contribution in [3.63, 3.8) is 0 Å². The zero-order valence-corrected chi connectivity index (χ0v) is 21.2. The molecule has 2 aromatic carbocycles. The van der Waals surface area contributed by atoms with Crippen molar-refractivity contribution in [3.8, 4) is 5.75 Å². The largest absolute Gasteiger partial charge is 0.489 e. The van der Waals surface area contributed by atoms with Gasteiger partial charge in [0.25, 0.3) is 5.91 Å². The molecule has 0 radical (unpaired) electrons. The van der Waals surface area contributed by atoms with Crippen LogP contribution in [0.3, 0.4) is 0 Å². The number of allylic oxidation sites excluding steroid dienone is 1. The summed E-state index contributed by atoms with van der Waals surface area (Å²) in [5, 5.41) is 2.95. The van der Waals surface area contributed by atoms with Gasteiger partial charge in [-0.05, 0) is 56.4 Å². The number of hydrogen-bond acceptors (Lipinski definition) is 6. The monoisotopic (exact) mass is 491 g/mol. The highest BCUT2D eigenvalue weighted by atomic mass is 16.5. The molecular formula is C29H37N3O4. The van der Waals surface area contributed by atoms with Crippen LogP contribution in [0.5, 0.6) is 5.75 Å². The van der Waals surface area contributed by atoms with Crippen LogP contribution in [0.2, 0.25) is 0 Å². The van der Waals surface area contributed by atoms with E-state index in [1.807, 2.05) is 26.0 Å². The Morgan fingerprint density at radius 2 is 1.86 bits per heavy atom. The average molecular weight is 492 g/mol. The van der Waals surface area contributed by atoms with Gasteiger partial charge in [0.2, 0.25) is 0 Å². The number of nitrogens with zero attached hydrogens (tertiary/aromatic N) is 1. The second-order valence-electron chi connectivity index (χ2n) is 9.74. The van der Waals surface area contributed by atoms with Crippen LogP contribution in [0.4, 0.5) is 0 Å². The summed E-state index contributed by atoms with van der Waals surface area (Å²) in [5.41, 5.74) is 10.2. The predicted molar refractivity (Wildman–Crippen MR) is 140 cm³/mol. The van der Waals surface area contributed by atoms with Crippen molar-refractivity contribution in [2.45, 2.75) is 70.9 Å². The molecule has 2 heterocycles. The Labute approximate surface area is 213 Å². The summed E-state index contributed by atoms with van der Waals surface area (Å²) >= 11 is 0. The van der Waals surface area contributed by atoms with Gasteiger partial charge in [-0.15, -0.1) is 0 Å². The van der Waals surface area contributed by atoms with Crippen LogP contribution < -0.4 is 15.8 Å². The third kappa shape index (κ3) is 6.53. The molecular weight excluding hydrogens is 454 g/mol. The average Bonchev–Trinajstić information content (AvgIpc) is 3.23. The summed E-state index contributed by atoms with van der Waals surface area (Å²) in [6.07, 6.45) is 6.55. The molecule has 4 rings (SSSR count). The van der Waals surface area contributed by atoms with Gasteiger partial charge in [0.1, 0.15) is 18.6 Å². The topological polar surface area (TPSA) is 93.9 Å². The van der Waals surface area contributed by atoms with E-state index in [0.29, 0.717) is 48.7 Å². The third-order valence-electron chi connectivity index (χ3n) is 7.09. The molecule has 0 aliphatic carbocycles. The Balaban J connectivity index is 1.34. The molecule has 0 aromatic heterocycles. The smallest absolute Gasteiger partial charge is 0.252 e. The van der Waals surface area contributed by atoms with Crippen molar-refractivity contribution in [2.24, 2.45) is 5.73 Å². The molecule has 2 aromatic rings. The molecule has 1 amide bonds. The van der Waals surface area contributed by atoms with Gasteiger partial charge in [-0.1, -0.05) is 36.4 Å². The van der Waals surface area contributed by atoms with E-state index < -0.39 is 0 Å². The Bertz CT molecular complexity index is 1070. The molecule has 2 aliphatic heterocycles. The van der Waals surface area contributed by atoms with Crippen molar-refractivity contribution in [3.05, 3.63) is 76.5 Å². The fourth-order valence-electron chi connectivity index (χ4n) is 5.00. The molecule has 36 heavy (non-hydrogen) atoms. The van der Waals surface area contributed by atoms with E-state index in [1.165, 1.54) is 18.4 Å². The van der Waals surface area contributed by atoms with Gasteiger partial charge >= 0.3 is 0 Å². The van der Waals surface area contributed by atoms with Gasteiger partial charge in [-0.2, -0.15) is 0 Å². The Morgan fingerprint density at radius 3 is 2.53 bits per heavy atom. The van der Waals surface area contributed by atoms with Gasteiger partial charge in [0.05, 0.1) is 18.2 Å². The molecule has 7 nitrogen and oxygen atoms in total. The molecule has 2 fully saturated rings. The second-order valence-corrected chi connectivity index (χ2v) is 9.74. The normalized spacial score (nSPS) is 20.7. The van der Waals surface area contributed by atoms with E-state index >= 15 is 0 Å². The molecule has 7 heteroatoms. The van der Waals surface area contributed by atoms with Crippen LogP contribution in [-0.4, -0.2) is 48.4 Å². The number of carbonyl (C=O) groups is 2. The van der Waals surface area contributed by atoms with E-state index in [9.17, 15) is 9.59 Å². The Hall–Kier alpha value is -3.16. The Kier molecular flexibility index (Phi) is 8.78. The number of morpholine rings is 1. The number of hydrogen-bond donors (Lipinski definition) is 2. The highest BCUT2D eigenvalue weighted by molar-refractivity contribution is 5.96. The summed E-state index contributed by atoms with van der Waals surface area (Å²) in [7, 11) is 0. The SMILES string of the molecule is C/C=C(/N)C(CCC=O)NC(=O)c1cccc(OCc2ccc(CN3CC4CCC(C3)O4)cc2)c1C. The van der Waals surface area contributed by atoms with E-state index in [-0.39, 0.29) is 11.9 Å². The second kappa shape index (κ2) is 12.2. The number of carbonyl (C=O) groups excluding carboxylic acids is 2. The molecule has 2 bridgehead atoms. The van der Waals surface area contributed by atoms with E-state index in [4.69, 9.17) is 15.2 Å². The van der Waals surface area contributed by atoms with Gasteiger partial charge in [-0.3, -0.25) is 9.69 Å². The number of aldehydes is 1. The fraction of sp³-hybridized carbons (Fsp3) is 0.448. The summed E-state index contributed by atoms with van der Waals surface area (Å²) < 4.78 is 12.0. The van der Waals surface area contributed by atoms with Crippen molar-refractivity contribution in [1.82, 2.24) is 10.2 Å². The summed E-state index contributed by atoms with van der Waals surface area (Å²) in [6.45, 7) is 7.09. The maximum atomic E-state index is 13.0. The minimum absolute atomic E-state index is 0.237. The van der Waals surface area contributed by atoms with Crippen molar-refractivity contribution in [1.29, 1.82) is 0 Å². The van der Waals surface area contributed by atoms with Crippen molar-refractivity contribution >= 4 is 12.2 Å². The van der Waals surface area contributed by atoms with Crippen LogP contribution >= 0.6 is 0 Å². The lowest BCUT2D eigenvalue weighted by atomic mass is 10.0. The van der Waals surface area contributed by atoms with E-state index in [2.05, 4.69) is 34.5 Å². The van der Waals surface area contributed by atoms with E-state index in [1.54, 1.807) is 12.1 Å². The number of ether oxygens (including phenoxy) is 2. The molecule has 3 atom stereocenters. The lowest BCUT2D eigenvalue weighted by molar-refractivity contribution is -0.108. The van der Waals surface area contributed by atoms with Crippen LogP contribution in [0, 0.1) is 6.92 Å².